The zero-order valence-electron chi connectivity index (χ0n) is 11.1. The summed E-state index contributed by atoms with van der Waals surface area (Å²) in [7, 11) is 1.73. The van der Waals surface area contributed by atoms with E-state index in [4.69, 9.17) is 11.6 Å². The van der Waals surface area contributed by atoms with E-state index in [1.165, 1.54) is 12.1 Å². The van der Waals surface area contributed by atoms with Gasteiger partial charge in [-0.3, -0.25) is 0 Å². The summed E-state index contributed by atoms with van der Waals surface area (Å²) in [6, 6.07) is 7.76. The van der Waals surface area contributed by atoms with Crippen molar-refractivity contribution in [3.63, 3.8) is 0 Å². The highest BCUT2D eigenvalue weighted by Crippen LogP contribution is 2.31. The van der Waals surface area contributed by atoms with Gasteiger partial charge in [0.2, 0.25) is 0 Å². The Morgan fingerprint density at radius 2 is 1.90 bits per heavy atom. The van der Waals surface area contributed by atoms with Crippen molar-refractivity contribution >= 4 is 43.5 Å². The number of nitrogens with one attached hydrogen (secondary N) is 1. The highest BCUT2D eigenvalue weighted by atomic mass is 79.9. The van der Waals surface area contributed by atoms with E-state index in [0.717, 1.165) is 10.0 Å². The summed E-state index contributed by atoms with van der Waals surface area (Å²) in [5.41, 5.74) is 0.823. The topological polar surface area (TPSA) is 12.0 Å². The normalized spacial score (nSPS) is 12.5. The highest BCUT2D eigenvalue weighted by molar-refractivity contribution is 9.10. The van der Waals surface area contributed by atoms with Crippen molar-refractivity contribution in [1.82, 2.24) is 5.32 Å². The molecular weight excluding hydrogens is 427 g/mol. The van der Waals surface area contributed by atoms with Crippen molar-refractivity contribution in [2.75, 3.05) is 7.05 Å². The smallest absolute Gasteiger partial charge is 0.143 e. The van der Waals surface area contributed by atoms with Crippen LogP contribution < -0.4 is 5.32 Å². The van der Waals surface area contributed by atoms with E-state index in [0.29, 0.717) is 5.02 Å². The van der Waals surface area contributed by atoms with Crippen molar-refractivity contribution in [2.45, 2.75) is 12.5 Å². The van der Waals surface area contributed by atoms with E-state index in [-0.39, 0.29) is 22.5 Å². The molecule has 0 saturated carbocycles. The first-order valence-electron chi connectivity index (χ1n) is 6.18. The van der Waals surface area contributed by atoms with Gasteiger partial charge in [0, 0.05) is 21.1 Å². The van der Waals surface area contributed by atoms with Crippen LogP contribution in [0.1, 0.15) is 17.2 Å². The van der Waals surface area contributed by atoms with Crippen LogP contribution in [-0.4, -0.2) is 7.05 Å². The largest absolute Gasteiger partial charge is 0.313 e. The number of hydrogen-bond acceptors (Lipinski definition) is 1. The van der Waals surface area contributed by atoms with E-state index in [9.17, 15) is 8.78 Å². The van der Waals surface area contributed by atoms with Crippen molar-refractivity contribution in [3.8, 4) is 0 Å². The molecule has 0 heterocycles. The van der Waals surface area contributed by atoms with Crippen LogP contribution in [0.5, 0.6) is 0 Å². The molecule has 0 fully saturated rings. The molecule has 0 aliphatic carbocycles. The second-order valence-electron chi connectivity index (χ2n) is 4.53. The maximum absolute atomic E-state index is 14.1. The molecule has 0 spiro atoms. The molecule has 0 aliphatic rings. The molecule has 2 aromatic rings. The Morgan fingerprint density at radius 3 is 2.52 bits per heavy atom. The van der Waals surface area contributed by atoms with Gasteiger partial charge in [0.05, 0.1) is 4.47 Å². The first kappa shape index (κ1) is 16.9. The van der Waals surface area contributed by atoms with Crippen LogP contribution in [0, 0.1) is 11.6 Å². The van der Waals surface area contributed by atoms with Gasteiger partial charge in [-0.25, -0.2) is 8.78 Å². The zero-order valence-corrected chi connectivity index (χ0v) is 15.0. The molecule has 112 valence electrons. The van der Waals surface area contributed by atoms with Gasteiger partial charge in [-0.2, -0.15) is 0 Å². The Morgan fingerprint density at radius 1 is 1.19 bits per heavy atom. The van der Waals surface area contributed by atoms with E-state index in [2.05, 4.69) is 37.2 Å². The molecule has 0 radical (unpaired) electrons. The fraction of sp³-hybridized carbons (Fsp3) is 0.200. The number of halogens is 5. The lowest BCUT2D eigenvalue weighted by molar-refractivity contribution is 0.512. The molecule has 6 heteroatoms. The molecule has 1 N–H and O–H groups in total. The quantitative estimate of drug-likeness (QED) is 0.608. The lowest BCUT2D eigenvalue weighted by Gasteiger charge is -2.19. The van der Waals surface area contributed by atoms with Crippen molar-refractivity contribution < 1.29 is 8.78 Å². The zero-order chi connectivity index (χ0) is 15.6. The minimum atomic E-state index is -0.580. The summed E-state index contributed by atoms with van der Waals surface area (Å²) < 4.78 is 29.1. The van der Waals surface area contributed by atoms with Gasteiger partial charge in [0.25, 0.3) is 0 Å². The standard InChI is InChI=1S/C15H12Br2ClF2N/c1-21-14(9-3-2-8(16)6-12(9)18)7-10-13(19)5-4-11(17)15(10)20/h2-6,14,21H,7H2,1H3. The number of hydrogen-bond donors (Lipinski definition) is 1. The monoisotopic (exact) mass is 437 g/mol. The van der Waals surface area contributed by atoms with Gasteiger partial charge >= 0.3 is 0 Å². The lowest BCUT2D eigenvalue weighted by Crippen LogP contribution is -2.20. The van der Waals surface area contributed by atoms with Crippen molar-refractivity contribution in [2.24, 2.45) is 0 Å². The van der Waals surface area contributed by atoms with E-state index >= 15 is 0 Å². The van der Waals surface area contributed by atoms with Crippen LogP contribution in [0.4, 0.5) is 8.78 Å². The Hall–Kier alpha value is -0.490. The first-order chi connectivity index (χ1) is 9.93. The minimum Gasteiger partial charge on any atom is -0.313 e. The maximum atomic E-state index is 14.1. The second kappa shape index (κ2) is 7.18. The molecule has 1 nitrogen and oxygen atoms in total. The van der Waals surface area contributed by atoms with Crippen molar-refractivity contribution in [1.29, 1.82) is 0 Å². The van der Waals surface area contributed by atoms with E-state index in [1.807, 2.05) is 12.1 Å². The molecule has 2 aromatic carbocycles. The molecule has 21 heavy (non-hydrogen) atoms. The molecule has 0 aromatic heterocycles. The van der Waals surface area contributed by atoms with Crippen LogP contribution in [0.25, 0.3) is 0 Å². The minimum absolute atomic E-state index is 0.0303. The van der Waals surface area contributed by atoms with Crippen LogP contribution in [0.15, 0.2) is 39.3 Å². The Balaban J connectivity index is 2.38. The SMILES string of the molecule is CNC(Cc1c(F)ccc(Br)c1F)c1ccc(Br)cc1Cl. The molecular formula is C15H12Br2ClF2N. The molecule has 0 saturated heterocycles. The van der Waals surface area contributed by atoms with Crippen LogP contribution in [0.3, 0.4) is 0 Å². The molecule has 2 rings (SSSR count). The van der Waals surface area contributed by atoms with Crippen LogP contribution in [-0.2, 0) is 6.42 Å². The van der Waals surface area contributed by atoms with Gasteiger partial charge in [-0.05, 0) is 59.2 Å². The predicted molar refractivity (Wildman–Crippen MR) is 88.7 cm³/mol. The van der Waals surface area contributed by atoms with Gasteiger partial charge in [-0.15, -0.1) is 0 Å². The number of benzene rings is 2. The fourth-order valence-corrected chi connectivity index (χ4v) is 3.29. The van der Waals surface area contributed by atoms with Crippen LogP contribution in [0.2, 0.25) is 5.02 Å². The molecule has 1 atom stereocenters. The van der Waals surface area contributed by atoms with E-state index in [1.54, 1.807) is 13.1 Å². The summed E-state index contributed by atoms with van der Waals surface area (Å²) >= 11 is 12.6. The average molecular weight is 440 g/mol. The average Bonchev–Trinajstić information content (AvgIpc) is 2.44. The molecule has 0 aliphatic heterocycles. The first-order valence-corrected chi connectivity index (χ1v) is 8.15. The van der Waals surface area contributed by atoms with Crippen LogP contribution >= 0.6 is 43.5 Å². The third-order valence-electron chi connectivity index (χ3n) is 3.23. The fourth-order valence-electron chi connectivity index (χ4n) is 2.11. The lowest BCUT2D eigenvalue weighted by atomic mass is 9.98. The second-order valence-corrected chi connectivity index (χ2v) is 6.71. The number of likely N-dealkylation sites (N-methyl/N-ethyl adjacent to an activating group) is 1. The van der Waals surface area contributed by atoms with Gasteiger partial charge in [0.1, 0.15) is 11.6 Å². The third-order valence-corrected chi connectivity index (χ3v) is 4.67. The summed E-state index contributed by atoms with van der Waals surface area (Å²) in [5, 5.41) is 3.59. The van der Waals surface area contributed by atoms with Gasteiger partial charge < -0.3 is 5.32 Å². The van der Waals surface area contributed by atoms with Crippen molar-refractivity contribution in [3.05, 3.63) is 67.1 Å². The predicted octanol–water partition coefficient (Wildman–Crippen LogP) is 5.65. The Bertz CT molecular complexity index is 664. The molecule has 0 bridgehead atoms. The maximum Gasteiger partial charge on any atom is 0.143 e. The molecule has 1 unspecified atom stereocenters. The molecule has 0 amide bonds. The summed E-state index contributed by atoms with van der Waals surface area (Å²) in [5.74, 6) is -1.15. The Kier molecular flexibility index (Phi) is 5.77. The van der Waals surface area contributed by atoms with E-state index < -0.39 is 11.6 Å². The number of rotatable bonds is 4. The highest BCUT2D eigenvalue weighted by Gasteiger charge is 2.20. The van der Waals surface area contributed by atoms with Gasteiger partial charge in [0.15, 0.2) is 0 Å². The summed E-state index contributed by atoms with van der Waals surface area (Å²) in [6.45, 7) is 0. The summed E-state index contributed by atoms with van der Waals surface area (Å²) in [6.07, 6.45) is 0.162. The third kappa shape index (κ3) is 3.83. The Labute approximate surface area is 144 Å². The van der Waals surface area contributed by atoms with Gasteiger partial charge in [-0.1, -0.05) is 33.6 Å². The summed E-state index contributed by atoms with van der Waals surface area (Å²) in [4.78, 5) is 0.